The third kappa shape index (κ3) is 5.98. The molecule has 0 saturated heterocycles. The molecule has 0 saturated carbocycles. The monoisotopic (exact) mass is 537 g/mol. The number of carbonyl (C=O) groups is 1. The van der Waals surface area contributed by atoms with E-state index in [1.807, 2.05) is 48.7 Å². The summed E-state index contributed by atoms with van der Waals surface area (Å²) in [4.78, 5) is 32.6. The van der Waals surface area contributed by atoms with Gasteiger partial charge in [0.15, 0.2) is 11.4 Å². The largest absolute Gasteiger partial charge is 0.483 e. The molecule has 1 aliphatic heterocycles. The van der Waals surface area contributed by atoms with Gasteiger partial charge >= 0.3 is 0 Å². The molecule has 0 fully saturated rings. The first kappa shape index (κ1) is 27.2. The minimum absolute atomic E-state index is 0.00500. The highest BCUT2D eigenvalue weighted by molar-refractivity contribution is 6.32. The smallest absolute Gasteiger partial charge is 0.274 e. The number of nitrogen functional groups attached to an aromatic ring is 1. The van der Waals surface area contributed by atoms with E-state index >= 15 is 0 Å². The standard InChI is InChI=1S/C27H32ClN7O3/c1-17(2)34-10-11-35-19(15-31-8-9-32-23-13-21(30)20(14-29)26(28)33-23)12-22(36)25(24(35)27(34)37)38-16-18-6-4-3-5-7-18/h3-7,12-14,17,29,31H,8-11,15-16H2,1-2H3,(H3,30,32,33). The van der Waals surface area contributed by atoms with Crippen LogP contribution in [0.2, 0.25) is 5.15 Å². The van der Waals surface area contributed by atoms with Crippen LogP contribution in [0, 0.1) is 5.41 Å². The Morgan fingerprint density at radius 2 is 1.95 bits per heavy atom. The highest BCUT2D eigenvalue weighted by Crippen LogP contribution is 2.25. The predicted octanol–water partition coefficient (Wildman–Crippen LogP) is 3.12. The van der Waals surface area contributed by atoms with E-state index in [1.165, 1.54) is 0 Å². The first-order valence-corrected chi connectivity index (χ1v) is 12.8. The minimum Gasteiger partial charge on any atom is -0.483 e. The Bertz CT molecular complexity index is 1350. The Hall–Kier alpha value is -3.89. The number of carbonyl (C=O) groups excluding carboxylic acids is 1. The van der Waals surface area contributed by atoms with Gasteiger partial charge in [0.2, 0.25) is 5.43 Å². The molecule has 0 spiro atoms. The van der Waals surface area contributed by atoms with E-state index in [1.54, 1.807) is 17.0 Å². The first-order valence-electron chi connectivity index (χ1n) is 12.5. The zero-order valence-electron chi connectivity index (χ0n) is 21.5. The van der Waals surface area contributed by atoms with Gasteiger partial charge in [-0.05, 0) is 19.4 Å². The van der Waals surface area contributed by atoms with Gasteiger partial charge in [0.25, 0.3) is 5.91 Å². The zero-order valence-corrected chi connectivity index (χ0v) is 22.2. The van der Waals surface area contributed by atoms with Crippen LogP contribution >= 0.6 is 11.6 Å². The summed E-state index contributed by atoms with van der Waals surface area (Å²) in [6.45, 7) is 6.70. The van der Waals surface area contributed by atoms with Crippen molar-refractivity contribution in [2.75, 3.05) is 30.7 Å². The van der Waals surface area contributed by atoms with Crippen LogP contribution in [0.5, 0.6) is 5.75 Å². The fraction of sp³-hybridized carbons (Fsp3) is 0.333. The van der Waals surface area contributed by atoms with E-state index < -0.39 is 0 Å². The highest BCUT2D eigenvalue weighted by atomic mass is 35.5. The van der Waals surface area contributed by atoms with Crippen LogP contribution in [0.1, 0.15) is 41.2 Å². The number of benzene rings is 1. The lowest BCUT2D eigenvalue weighted by Gasteiger charge is -2.35. The Morgan fingerprint density at radius 1 is 1.18 bits per heavy atom. The summed E-state index contributed by atoms with van der Waals surface area (Å²) in [5.74, 6) is 0.389. The van der Waals surface area contributed by atoms with Crippen molar-refractivity contribution in [2.45, 2.75) is 39.6 Å². The molecule has 2 aromatic heterocycles. The molecule has 0 bridgehead atoms. The maximum atomic E-state index is 13.4. The number of aromatic nitrogens is 2. The Morgan fingerprint density at radius 3 is 2.63 bits per heavy atom. The SMILES string of the molecule is CC(C)N1CCn2c(CNCCNc3cc(N)c(C=N)c(Cl)n3)cc(=O)c(OCc3ccccc3)c2C1=O. The lowest BCUT2D eigenvalue weighted by molar-refractivity contribution is 0.0636. The quantitative estimate of drug-likeness (QED) is 0.167. The summed E-state index contributed by atoms with van der Waals surface area (Å²) >= 11 is 6.08. The number of halogens is 1. The summed E-state index contributed by atoms with van der Waals surface area (Å²) < 4.78 is 7.84. The van der Waals surface area contributed by atoms with Crippen molar-refractivity contribution in [3.8, 4) is 5.75 Å². The molecular formula is C27H32ClN7O3. The second-order valence-electron chi connectivity index (χ2n) is 9.24. The molecule has 1 aliphatic rings. The number of nitrogens with two attached hydrogens (primary N) is 1. The van der Waals surface area contributed by atoms with Crippen molar-refractivity contribution in [3.63, 3.8) is 0 Å². The molecule has 10 nitrogen and oxygen atoms in total. The third-order valence-electron chi connectivity index (χ3n) is 6.33. The Balaban J connectivity index is 1.48. The molecule has 11 heteroatoms. The number of ether oxygens (including phenoxy) is 1. The second-order valence-corrected chi connectivity index (χ2v) is 9.60. The maximum absolute atomic E-state index is 13.4. The van der Waals surface area contributed by atoms with Gasteiger partial charge < -0.3 is 36.0 Å². The number of amides is 1. The normalized spacial score (nSPS) is 12.9. The van der Waals surface area contributed by atoms with Gasteiger partial charge in [-0.1, -0.05) is 41.9 Å². The molecule has 0 aliphatic carbocycles. The van der Waals surface area contributed by atoms with Crippen LogP contribution in [0.25, 0.3) is 0 Å². The van der Waals surface area contributed by atoms with E-state index in [4.69, 9.17) is 27.5 Å². The van der Waals surface area contributed by atoms with Gasteiger partial charge in [0, 0.05) is 68.5 Å². The lowest BCUT2D eigenvalue weighted by atomic mass is 10.1. The van der Waals surface area contributed by atoms with E-state index in [2.05, 4.69) is 15.6 Å². The molecular weight excluding hydrogens is 506 g/mol. The van der Waals surface area contributed by atoms with Crippen molar-refractivity contribution in [3.05, 3.63) is 80.4 Å². The Labute approximate surface area is 226 Å². The van der Waals surface area contributed by atoms with Gasteiger partial charge in [0.05, 0.1) is 5.56 Å². The predicted molar refractivity (Wildman–Crippen MR) is 149 cm³/mol. The number of anilines is 2. The minimum atomic E-state index is -0.318. The van der Waals surface area contributed by atoms with E-state index in [0.717, 1.165) is 17.5 Å². The number of rotatable bonds is 11. The lowest BCUT2D eigenvalue weighted by Crippen LogP contribution is -2.46. The van der Waals surface area contributed by atoms with Gasteiger partial charge in [-0.25, -0.2) is 4.98 Å². The van der Waals surface area contributed by atoms with Crippen LogP contribution in [-0.2, 0) is 19.7 Å². The van der Waals surface area contributed by atoms with Crippen LogP contribution in [0.15, 0.2) is 47.3 Å². The fourth-order valence-electron chi connectivity index (χ4n) is 4.37. The number of hydrogen-bond acceptors (Lipinski definition) is 8. The number of fused-ring (bicyclic) bond motifs is 1. The summed E-state index contributed by atoms with van der Waals surface area (Å²) in [6, 6.07) is 12.7. The van der Waals surface area contributed by atoms with Crippen LogP contribution in [0.4, 0.5) is 11.5 Å². The van der Waals surface area contributed by atoms with E-state index in [9.17, 15) is 9.59 Å². The van der Waals surface area contributed by atoms with Crippen LogP contribution < -0.4 is 26.5 Å². The zero-order chi connectivity index (χ0) is 27.2. The van der Waals surface area contributed by atoms with Crippen molar-refractivity contribution < 1.29 is 9.53 Å². The number of pyridine rings is 2. The topological polar surface area (TPSA) is 138 Å². The average Bonchev–Trinajstić information content (AvgIpc) is 2.88. The molecule has 0 unspecified atom stereocenters. The van der Waals surface area contributed by atoms with E-state index in [-0.39, 0.29) is 34.9 Å². The maximum Gasteiger partial charge on any atom is 0.274 e. The van der Waals surface area contributed by atoms with Crippen LogP contribution in [0.3, 0.4) is 0 Å². The number of nitrogens with one attached hydrogen (secondary N) is 3. The van der Waals surface area contributed by atoms with Gasteiger partial charge in [0.1, 0.15) is 17.6 Å². The van der Waals surface area contributed by atoms with Gasteiger partial charge in [-0.3, -0.25) is 9.59 Å². The molecule has 1 aromatic carbocycles. The van der Waals surface area contributed by atoms with E-state index in [0.29, 0.717) is 55.5 Å². The van der Waals surface area contributed by atoms with Crippen LogP contribution in [-0.4, -0.2) is 52.2 Å². The molecule has 38 heavy (non-hydrogen) atoms. The van der Waals surface area contributed by atoms with Crippen molar-refractivity contribution >= 4 is 35.2 Å². The molecule has 1 amide bonds. The van der Waals surface area contributed by atoms with Crippen molar-refractivity contribution in [1.82, 2.24) is 19.8 Å². The molecule has 3 heterocycles. The molecule has 3 aromatic rings. The third-order valence-corrected chi connectivity index (χ3v) is 6.62. The summed E-state index contributed by atoms with van der Waals surface area (Å²) in [6.07, 6.45) is 1.07. The Kier molecular flexibility index (Phi) is 8.65. The fourth-order valence-corrected chi connectivity index (χ4v) is 4.63. The van der Waals surface area contributed by atoms with Gasteiger partial charge in [-0.15, -0.1) is 0 Å². The average molecular weight is 538 g/mol. The summed E-state index contributed by atoms with van der Waals surface area (Å²) in [5, 5.41) is 14.0. The molecule has 200 valence electrons. The van der Waals surface area contributed by atoms with Gasteiger partial charge in [-0.2, -0.15) is 0 Å². The highest BCUT2D eigenvalue weighted by Gasteiger charge is 2.32. The molecule has 0 radical (unpaired) electrons. The summed E-state index contributed by atoms with van der Waals surface area (Å²) in [7, 11) is 0. The molecule has 4 rings (SSSR count). The number of hydrogen-bond donors (Lipinski definition) is 4. The number of nitrogens with zero attached hydrogens (tertiary/aromatic N) is 3. The molecule has 0 atom stereocenters. The second kappa shape index (κ2) is 12.1. The summed E-state index contributed by atoms with van der Waals surface area (Å²) in [5.41, 5.74) is 8.28. The van der Waals surface area contributed by atoms with Crippen molar-refractivity contribution in [1.29, 1.82) is 5.41 Å². The first-order chi connectivity index (χ1) is 18.3. The molecule has 5 N–H and O–H groups in total. The van der Waals surface area contributed by atoms with Crippen molar-refractivity contribution in [2.24, 2.45) is 0 Å².